The average Bonchev–Trinajstić information content (AvgIpc) is 3.03. The van der Waals surface area contributed by atoms with Gasteiger partial charge < -0.3 is 10.2 Å². The number of pyridine rings is 1. The van der Waals surface area contributed by atoms with Crippen LogP contribution in [0.2, 0.25) is 0 Å². The van der Waals surface area contributed by atoms with Crippen LogP contribution in [0.25, 0.3) is 0 Å². The van der Waals surface area contributed by atoms with E-state index in [-0.39, 0.29) is 29.5 Å². The molecule has 2 heterocycles. The maximum atomic E-state index is 12.5. The van der Waals surface area contributed by atoms with Crippen LogP contribution in [-0.2, 0) is 9.84 Å². The predicted molar refractivity (Wildman–Crippen MR) is 107 cm³/mol. The second kappa shape index (κ2) is 8.08. The van der Waals surface area contributed by atoms with E-state index in [0.29, 0.717) is 24.3 Å². The molecule has 6 nitrogen and oxygen atoms in total. The fraction of sp³-hybridized carbons (Fsp3) is 0.400. The molecule has 1 aromatic carbocycles. The third-order valence-electron chi connectivity index (χ3n) is 4.94. The van der Waals surface area contributed by atoms with E-state index < -0.39 is 9.84 Å². The van der Waals surface area contributed by atoms with Gasteiger partial charge in [-0.2, -0.15) is 0 Å². The highest BCUT2D eigenvalue weighted by Crippen LogP contribution is 2.23. The molecule has 1 fully saturated rings. The van der Waals surface area contributed by atoms with Crippen molar-refractivity contribution in [3.05, 3.63) is 59.8 Å². The lowest BCUT2D eigenvalue weighted by molar-refractivity contribution is 0.0939. The molecule has 7 heteroatoms. The Balaban J connectivity index is 1.68. The van der Waals surface area contributed by atoms with Crippen LogP contribution in [0.4, 0.5) is 5.82 Å². The summed E-state index contributed by atoms with van der Waals surface area (Å²) in [7, 11) is -2.95. The molecule has 0 radical (unpaired) electrons. The molecule has 1 aromatic heterocycles. The molecule has 1 saturated heterocycles. The number of anilines is 1. The first-order valence-corrected chi connectivity index (χ1v) is 11.0. The number of carbonyl (C=O) groups excluding carboxylic acids is 1. The van der Waals surface area contributed by atoms with E-state index in [2.05, 4.69) is 10.3 Å². The molecule has 1 aliphatic rings. The molecule has 2 unspecified atom stereocenters. The van der Waals surface area contributed by atoms with Gasteiger partial charge in [0.2, 0.25) is 0 Å². The van der Waals surface area contributed by atoms with Crippen molar-refractivity contribution in [3.63, 3.8) is 0 Å². The van der Waals surface area contributed by atoms with Crippen LogP contribution in [0.15, 0.2) is 48.7 Å². The van der Waals surface area contributed by atoms with E-state index in [1.54, 1.807) is 18.3 Å². The van der Waals surface area contributed by atoms with Gasteiger partial charge in [-0.3, -0.25) is 4.79 Å². The minimum atomic E-state index is -2.95. The quantitative estimate of drug-likeness (QED) is 0.824. The van der Waals surface area contributed by atoms with Crippen LogP contribution < -0.4 is 10.2 Å². The SMILES string of the molecule is CCN(c1ccc(C(=O)NC(C)c2ccccc2)cn1)C1CCS(=O)(=O)C1. The molecule has 1 aliphatic heterocycles. The number of carbonyl (C=O) groups is 1. The summed E-state index contributed by atoms with van der Waals surface area (Å²) in [6.07, 6.45) is 2.17. The van der Waals surface area contributed by atoms with Crippen LogP contribution in [0, 0.1) is 0 Å². The summed E-state index contributed by atoms with van der Waals surface area (Å²) in [5, 5.41) is 2.97. The highest BCUT2D eigenvalue weighted by molar-refractivity contribution is 7.91. The zero-order valence-electron chi connectivity index (χ0n) is 15.6. The standard InChI is InChI=1S/C20H25N3O3S/c1-3-23(18-11-12-27(25,26)14-18)19-10-9-17(13-21-19)20(24)22-15(2)16-7-5-4-6-8-16/h4-10,13,15,18H,3,11-12,14H2,1-2H3,(H,22,24). The van der Waals surface area contributed by atoms with E-state index in [1.807, 2.05) is 49.1 Å². The Morgan fingerprint density at radius 1 is 1.26 bits per heavy atom. The van der Waals surface area contributed by atoms with Crippen molar-refractivity contribution in [2.45, 2.75) is 32.4 Å². The molecule has 2 aromatic rings. The molecule has 144 valence electrons. The Labute approximate surface area is 160 Å². The highest BCUT2D eigenvalue weighted by Gasteiger charge is 2.32. The zero-order chi connectivity index (χ0) is 19.4. The van der Waals surface area contributed by atoms with Gasteiger partial charge in [-0.1, -0.05) is 30.3 Å². The summed E-state index contributed by atoms with van der Waals surface area (Å²) in [5.74, 6) is 0.912. The number of nitrogens with zero attached hydrogens (tertiary/aromatic N) is 2. The van der Waals surface area contributed by atoms with Crippen molar-refractivity contribution in [3.8, 4) is 0 Å². The van der Waals surface area contributed by atoms with Gasteiger partial charge in [-0.25, -0.2) is 13.4 Å². The molecule has 2 atom stereocenters. The minimum Gasteiger partial charge on any atom is -0.353 e. The highest BCUT2D eigenvalue weighted by atomic mass is 32.2. The minimum absolute atomic E-state index is 0.0507. The van der Waals surface area contributed by atoms with E-state index in [1.165, 1.54) is 0 Å². The normalized spacial score (nSPS) is 19.4. The summed E-state index contributed by atoms with van der Waals surface area (Å²) in [6.45, 7) is 4.59. The van der Waals surface area contributed by atoms with Gasteiger partial charge in [0.25, 0.3) is 5.91 Å². The summed E-state index contributed by atoms with van der Waals surface area (Å²) < 4.78 is 23.5. The van der Waals surface area contributed by atoms with Crippen molar-refractivity contribution in [1.29, 1.82) is 0 Å². The first-order valence-electron chi connectivity index (χ1n) is 9.18. The summed E-state index contributed by atoms with van der Waals surface area (Å²) in [4.78, 5) is 18.9. The number of sulfone groups is 1. The van der Waals surface area contributed by atoms with Crippen molar-refractivity contribution in [2.24, 2.45) is 0 Å². The maximum absolute atomic E-state index is 12.5. The number of amides is 1. The molecule has 1 N–H and O–H groups in total. The molecule has 0 aliphatic carbocycles. The smallest absolute Gasteiger partial charge is 0.253 e. The number of nitrogens with one attached hydrogen (secondary N) is 1. The van der Waals surface area contributed by atoms with E-state index >= 15 is 0 Å². The number of benzene rings is 1. The van der Waals surface area contributed by atoms with Crippen molar-refractivity contribution < 1.29 is 13.2 Å². The predicted octanol–water partition coefficient (Wildman–Crippen LogP) is 2.59. The first-order chi connectivity index (χ1) is 12.9. The summed E-state index contributed by atoms with van der Waals surface area (Å²) >= 11 is 0. The lowest BCUT2D eigenvalue weighted by Crippen LogP contribution is -2.36. The van der Waals surface area contributed by atoms with Gasteiger partial charge in [0.1, 0.15) is 5.82 Å². The molecule has 0 bridgehead atoms. The van der Waals surface area contributed by atoms with Crippen molar-refractivity contribution in [1.82, 2.24) is 10.3 Å². The topological polar surface area (TPSA) is 79.4 Å². The van der Waals surface area contributed by atoms with E-state index in [0.717, 1.165) is 5.56 Å². The van der Waals surface area contributed by atoms with Gasteiger partial charge >= 0.3 is 0 Å². The lowest BCUT2D eigenvalue weighted by Gasteiger charge is -2.28. The Hall–Kier alpha value is -2.41. The molecule has 27 heavy (non-hydrogen) atoms. The molecule has 1 amide bonds. The lowest BCUT2D eigenvalue weighted by atomic mass is 10.1. The van der Waals surface area contributed by atoms with Gasteiger partial charge in [0, 0.05) is 18.8 Å². The monoisotopic (exact) mass is 387 g/mol. The van der Waals surface area contributed by atoms with Crippen LogP contribution >= 0.6 is 0 Å². The fourth-order valence-electron chi connectivity index (χ4n) is 3.42. The Bertz CT molecular complexity index is 882. The fourth-order valence-corrected chi connectivity index (χ4v) is 5.15. The van der Waals surface area contributed by atoms with E-state index in [9.17, 15) is 13.2 Å². The van der Waals surface area contributed by atoms with E-state index in [4.69, 9.17) is 0 Å². The Morgan fingerprint density at radius 3 is 2.56 bits per heavy atom. The van der Waals surface area contributed by atoms with Crippen molar-refractivity contribution in [2.75, 3.05) is 23.0 Å². The van der Waals surface area contributed by atoms with Crippen LogP contribution in [0.5, 0.6) is 0 Å². The van der Waals surface area contributed by atoms with Gasteiger partial charge in [-0.15, -0.1) is 0 Å². The van der Waals surface area contributed by atoms with Gasteiger partial charge in [0.05, 0.1) is 23.1 Å². The third-order valence-corrected chi connectivity index (χ3v) is 6.69. The number of hydrogen-bond donors (Lipinski definition) is 1. The number of rotatable bonds is 6. The third kappa shape index (κ3) is 4.66. The molecule has 0 spiro atoms. The van der Waals surface area contributed by atoms with Gasteiger partial charge in [0.15, 0.2) is 9.84 Å². The summed E-state index contributed by atoms with van der Waals surface area (Å²) in [6, 6.07) is 13.1. The molecular formula is C20H25N3O3S. The molecule has 0 saturated carbocycles. The van der Waals surface area contributed by atoms with Crippen LogP contribution in [-0.4, -0.2) is 43.4 Å². The zero-order valence-corrected chi connectivity index (χ0v) is 16.4. The largest absolute Gasteiger partial charge is 0.353 e. The Morgan fingerprint density at radius 2 is 2.00 bits per heavy atom. The molecule has 3 rings (SSSR count). The van der Waals surface area contributed by atoms with Crippen LogP contribution in [0.3, 0.4) is 0 Å². The summed E-state index contributed by atoms with van der Waals surface area (Å²) in [5.41, 5.74) is 1.52. The average molecular weight is 388 g/mol. The second-order valence-corrected chi connectivity index (χ2v) is 9.08. The number of hydrogen-bond acceptors (Lipinski definition) is 5. The second-order valence-electron chi connectivity index (χ2n) is 6.85. The van der Waals surface area contributed by atoms with Crippen molar-refractivity contribution >= 4 is 21.6 Å². The first kappa shape index (κ1) is 19.4. The Kier molecular flexibility index (Phi) is 5.79. The maximum Gasteiger partial charge on any atom is 0.253 e. The van der Waals surface area contributed by atoms with Gasteiger partial charge in [-0.05, 0) is 38.0 Å². The van der Waals surface area contributed by atoms with Crippen LogP contribution in [0.1, 0.15) is 42.2 Å². The number of aromatic nitrogens is 1. The molecular weight excluding hydrogens is 362 g/mol.